The lowest BCUT2D eigenvalue weighted by Gasteiger charge is -2.35. The second-order valence-electron chi connectivity index (χ2n) is 6.26. The van der Waals surface area contributed by atoms with Crippen molar-refractivity contribution in [3.8, 4) is 0 Å². The van der Waals surface area contributed by atoms with Gasteiger partial charge in [-0.25, -0.2) is 0 Å². The Kier molecular flexibility index (Phi) is 7.23. The molecule has 0 aliphatic heterocycles. The predicted octanol–water partition coefficient (Wildman–Crippen LogP) is 4.85. The minimum atomic E-state index is 0.240. The van der Waals surface area contributed by atoms with E-state index in [-0.39, 0.29) is 9.86 Å². The maximum atomic E-state index is 11.4. The van der Waals surface area contributed by atoms with E-state index in [1.807, 2.05) is 11.8 Å². The summed E-state index contributed by atoms with van der Waals surface area (Å²) >= 11 is 3.54. The molecule has 1 nitrogen and oxygen atoms in total. The van der Waals surface area contributed by atoms with Crippen LogP contribution in [-0.2, 0) is 4.79 Å². The van der Waals surface area contributed by atoms with Crippen molar-refractivity contribution in [3.63, 3.8) is 0 Å². The molecule has 0 fully saturated rings. The summed E-state index contributed by atoms with van der Waals surface area (Å²) in [5, 5.41) is 1.18. The summed E-state index contributed by atoms with van der Waals surface area (Å²) in [6.07, 6.45) is 0. The van der Waals surface area contributed by atoms with E-state index in [4.69, 9.17) is 0 Å². The SMILES string of the molecule is CC(=O)SC(C(C)C)[C@@H](SC(C)(C)C)C(C)C. The van der Waals surface area contributed by atoms with E-state index in [2.05, 4.69) is 48.5 Å². The molecule has 0 saturated carbocycles. The first-order chi connectivity index (χ1) is 7.54. The quantitative estimate of drug-likeness (QED) is 0.714. The van der Waals surface area contributed by atoms with Crippen LogP contribution in [0.2, 0.25) is 0 Å². The smallest absolute Gasteiger partial charge is 0.186 e. The zero-order valence-corrected chi connectivity index (χ0v) is 14.2. The van der Waals surface area contributed by atoms with Crippen LogP contribution in [0.4, 0.5) is 0 Å². The van der Waals surface area contributed by atoms with Gasteiger partial charge >= 0.3 is 0 Å². The van der Waals surface area contributed by atoms with Crippen LogP contribution < -0.4 is 0 Å². The van der Waals surface area contributed by atoms with E-state index < -0.39 is 0 Å². The highest BCUT2D eigenvalue weighted by atomic mass is 32.2. The Morgan fingerprint density at radius 2 is 1.35 bits per heavy atom. The van der Waals surface area contributed by atoms with Gasteiger partial charge in [0.15, 0.2) is 5.12 Å². The second-order valence-corrected chi connectivity index (χ2v) is 9.62. The van der Waals surface area contributed by atoms with Gasteiger partial charge in [0.25, 0.3) is 0 Å². The lowest BCUT2D eigenvalue weighted by Crippen LogP contribution is -2.34. The van der Waals surface area contributed by atoms with E-state index in [9.17, 15) is 4.79 Å². The van der Waals surface area contributed by atoms with Crippen molar-refractivity contribution in [2.24, 2.45) is 11.8 Å². The Labute approximate surface area is 116 Å². The molecule has 0 aromatic heterocycles. The summed E-state index contributed by atoms with van der Waals surface area (Å²) in [5.41, 5.74) is 0. The topological polar surface area (TPSA) is 17.1 Å². The minimum Gasteiger partial charge on any atom is -0.288 e. The molecular formula is C14H28OS2. The number of thioether (sulfide) groups is 2. The maximum Gasteiger partial charge on any atom is 0.186 e. The number of hydrogen-bond donors (Lipinski definition) is 0. The zero-order chi connectivity index (χ0) is 13.8. The normalized spacial score (nSPS) is 16.4. The Morgan fingerprint density at radius 1 is 0.941 bits per heavy atom. The molecule has 102 valence electrons. The van der Waals surface area contributed by atoms with E-state index in [0.717, 1.165) is 0 Å². The van der Waals surface area contributed by atoms with E-state index in [1.165, 1.54) is 11.8 Å². The number of carbonyl (C=O) groups is 1. The average molecular weight is 277 g/mol. The molecule has 0 radical (unpaired) electrons. The van der Waals surface area contributed by atoms with Crippen molar-refractivity contribution in [2.45, 2.75) is 70.6 Å². The number of carbonyl (C=O) groups excluding carboxylic acids is 1. The van der Waals surface area contributed by atoms with Crippen LogP contribution in [0.1, 0.15) is 55.4 Å². The van der Waals surface area contributed by atoms with E-state index in [1.54, 1.807) is 6.92 Å². The molecule has 3 heteroatoms. The lowest BCUT2D eigenvalue weighted by molar-refractivity contribution is -0.109. The molecule has 0 heterocycles. The standard InChI is InChI=1S/C14H28OS2/c1-9(2)12(16-11(5)15)13(10(3)4)17-14(6,7)8/h9-10,12-13H,1-8H3/t12?,13-/m0/s1. The third-order valence-electron chi connectivity index (χ3n) is 2.43. The molecule has 0 aliphatic rings. The van der Waals surface area contributed by atoms with Gasteiger partial charge in [-0.1, -0.05) is 60.2 Å². The van der Waals surface area contributed by atoms with Crippen molar-refractivity contribution < 1.29 is 4.79 Å². The predicted molar refractivity (Wildman–Crippen MR) is 82.9 cm³/mol. The van der Waals surface area contributed by atoms with Gasteiger partial charge in [0, 0.05) is 22.2 Å². The van der Waals surface area contributed by atoms with Crippen LogP contribution in [0.25, 0.3) is 0 Å². The first kappa shape index (κ1) is 17.4. The van der Waals surface area contributed by atoms with Gasteiger partial charge in [-0.05, 0) is 11.8 Å². The molecule has 17 heavy (non-hydrogen) atoms. The summed E-state index contributed by atoms with van der Waals surface area (Å²) < 4.78 is 0.249. The van der Waals surface area contributed by atoms with Gasteiger partial charge in [-0.2, -0.15) is 11.8 Å². The molecule has 0 spiro atoms. The molecule has 1 unspecified atom stereocenters. The Bertz CT molecular complexity index is 241. The van der Waals surface area contributed by atoms with Gasteiger partial charge in [0.1, 0.15) is 0 Å². The summed E-state index contributed by atoms with van der Waals surface area (Å²) in [6, 6.07) is 0. The molecule has 2 atom stereocenters. The first-order valence-electron chi connectivity index (χ1n) is 6.39. The third-order valence-corrected chi connectivity index (χ3v) is 5.86. The van der Waals surface area contributed by atoms with Crippen LogP contribution in [0, 0.1) is 11.8 Å². The van der Waals surface area contributed by atoms with Gasteiger partial charge in [0.05, 0.1) is 0 Å². The Hall–Kier alpha value is 0.370. The van der Waals surface area contributed by atoms with Crippen molar-refractivity contribution >= 4 is 28.6 Å². The Balaban J connectivity index is 4.90. The largest absolute Gasteiger partial charge is 0.288 e. The van der Waals surface area contributed by atoms with Crippen LogP contribution in [-0.4, -0.2) is 20.4 Å². The fourth-order valence-corrected chi connectivity index (χ4v) is 4.74. The molecule has 0 saturated heterocycles. The van der Waals surface area contributed by atoms with Crippen LogP contribution in [0.5, 0.6) is 0 Å². The molecular weight excluding hydrogens is 248 g/mol. The maximum absolute atomic E-state index is 11.4. The van der Waals surface area contributed by atoms with Gasteiger partial charge in [0.2, 0.25) is 0 Å². The fourth-order valence-electron chi connectivity index (χ4n) is 1.76. The van der Waals surface area contributed by atoms with Crippen molar-refractivity contribution in [2.75, 3.05) is 0 Å². The summed E-state index contributed by atoms with van der Waals surface area (Å²) in [5.74, 6) is 1.13. The monoisotopic (exact) mass is 276 g/mol. The summed E-state index contributed by atoms with van der Waals surface area (Å²) in [6.45, 7) is 17.4. The summed E-state index contributed by atoms with van der Waals surface area (Å²) in [7, 11) is 0. The second kappa shape index (κ2) is 7.08. The van der Waals surface area contributed by atoms with Crippen LogP contribution in [0.15, 0.2) is 0 Å². The first-order valence-corrected chi connectivity index (χ1v) is 8.15. The van der Waals surface area contributed by atoms with Crippen molar-refractivity contribution in [1.82, 2.24) is 0 Å². The Morgan fingerprint density at radius 3 is 1.59 bits per heavy atom. The third kappa shape index (κ3) is 7.40. The highest BCUT2D eigenvalue weighted by molar-refractivity contribution is 8.15. The van der Waals surface area contributed by atoms with Crippen molar-refractivity contribution in [3.05, 3.63) is 0 Å². The highest BCUT2D eigenvalue weighted by Gasteiger charge is 2.32. The van der Waals surface area contributed by atoms with E-state index >= 15 is 0 Å². The minimum absolute atomic E-state index is 0.240. The van der Waals surface area contributed by atoms with E-state index in [0.29, 0.717) is 22.3 Å². The van der Waals surface area contributed by atoms with Crippen LogP contribution >= 0.6 is 23.5 Å². The fraction of sp³-hybridized carbons (Fsp3) is 0.929. The molecule has 0 amide bonds. The molecule has 0 aromatic carbocycles. The lowest BCUT2D eigenvalue weighted by atomic mass is 9.99. The average Bonchev–Trinajstić information content (AvgIpc) is 2.08. The molecule has 0 aliphatic carbocycles. The number of hydrogen-bond acceptors (Lipinski definition) is 3. The van der Waals surface area contributed by atoms with Crippen LogP contribution in [0.3, 0.4) is 0 Å². The number of rotatable bonds is 5. The highest BCUT2D eigenvalue weighted by Crippen LogP contribution is 2.40. The summed E-state index contributed by atoms with van der Waals surface area (Å²) in [4.78, 5) is 11.4. The van der Waals surface area contributed by atoms with Gasteiger partial charge in [-0.15, -0.1) is 0 Å². The molecule has 0 bridgehead atoms. The molecule has 0 N–H and O–H groups in total. The van der Waals surface area contributed by atoms with Gasteiger partial charge in [-0.3, -0.25) is 4.79 Å². The van der Waals surface area contributed by atoms with Crippen molar-refractivity contribution in [1.29, 1.82) is 0 Å². The molecule has 0 aromatic rings. The zero-order valence-electron chi connectivity index (χ0n) is 12.5. The van der Waals surface area contributed by atoms with Gasteiger partial charge < -0.3 is 0 Å². The molecule has 0 rings (SSSR count).